The van der Waals surface area contributed by atoms with Crippen LogP contribution in [0.25, 0.3) is 6.08 Å². The lowest BCUT2D eigenvalue weighted by Crippen LogP contribution is -2.28. The molecule has 6 heteroatoms. The molecule has 0 bridgehead atoms. The minimum absolute atomic E-state index is 0.0791. The summed E-state index contributed by atoms with van der Waals surface area (Å²) in [6, 6.07) is 9.54. The molecule has 0 aliphatic rings. The number of rotatable bonds is 10. The summed E-state index contributed by atoms with van der Waals surface area (Å²) < 4.78 is 10.9. The first-order valence-electron chi connectivity index (χ1n) is 9.51. The van der Waals surface area contributed by atoms with E-state index in [0.29, 0.717) is 18.0 Å². The van der Waals surface area contributed by atoms with Crippen LogP contribution in [0.5, 0.6) is 11.5 Å². The van der Waals surface area contributed by atoms with Crippen molar-refractivity contribution in [3.05, 3.63) is 53.7 Å². The molecule has 1 heterocycles. The Labute approximate surface area is 167 Å². The van der Waals surface area contributed by atoms with E-state index in [1.165, 1.54) is 0 Å². The van der Waals surface area contributed by atoms with Crippen molar-refractivity contribution >= 4 is 17.8 Å². The molecule has 0 saturated carbocycles. The van der Waals surface area contributed by atoms with E-state index in [-0.39, 0.29) is 12.5 Å². The summed E-state index contributed by atoms with van der Waals surface area (Å²) in [5, 5.41) is 2.85. The number of anilines is 1. The molecule has 2 rings (SSSR count). The minimum atomic E-state index is -0.201. The van der Waals surface area contributed by atoms with Crippen LogP contribution in [0.1, 0.15) is 31.9 Å². The number of allylic oxidation sites excluding steroid dienone is 1. The van der Waals surface area contributed by atoms with E-state index in [9.17, 15) is 4.79 Å². The monoisotopic (exact) mass is 383 g/mol. The highest BCUT2D eigenvalue weighted by atomic mass is 16.5. The number of amides is 1. The number of nitrogens with zero attached hydrogens (tertiary/aromatic N) is 2. The van der Waals surface area contributed by atoms with Gasteiger partial charge in [0.25, 0.3) is 5.91 Å². The van der Waals surface area contributed by atoms with Gasteiger partial charge in [0.1, 0.15) is 5.82 Å². The summed E-state index contributed by atoms with van der Waals surface area (Å²) in [5.74, 6) is 1.88. The average Bonchev–Trinajstić information content (AvgIpc) is 2.73. The van der Waals surface area contributed by atoms with Crippen LogP contribution < -0.4 is 19.7 Å². The van der Waals surface area contributed by atoms with E-state index in [1.54, 1.807) is 19.4 Å². The fourth-order valence-corrected chi connectivity index (χ4v) is 2.75. The summed E-state index contributed by atoms with van der Waals surface area (Å²) >= 11 is 0. The molecule has 2 aromatic rings. The Bertz CT molecular complexity index is 784. The van der Waals surface area contributed by atoms with Crippen molar-refractivity contribution in [3.8, 4) is 11.5 Å². The third-order valence-corrected chi connectivity index (χ3v) is 4.29. The van der Waals surface area contributed by atoms with Gasteiger partial charge in [0.05, 0.1) is 7.11 Å². The van der Waals surface area contributed by atoms with Gasteiger partial charge in [-0.05, 0) is 50.1 Å². The van der Waals surface area contributed by atoms with E-state index >= 15 is 0 Å². The van der Waals surface area contributed by atoms with Gasteiger partial charge in [-0.1, -0.05) is 24.3 Å². The van der Waals surface area contributed by atoms with E-state index in [0.717, 1.165) is 30.0 Å². The van der Waals surface area contributed by atoms with Gasteiger partial charge in [-0.25, -0.2) is 4.98 Å². The second-order valence-electron chi connectivity index (χ2n) is 6.17. The second-order valence-corrected chi connectivity index (χ2v) is 6.17. The zero-order valence-corrected chi connectivity index (χ0v) is 17.1. The topological polar surface area (TPSA) is 63.7 Å². The summed E-state index contributed by atoms with van der Waals surface area (Å²) in [4.78, 5) is 18.7. The molecule has 1 aromatic carbocycles. The molecule has 0 aliphatic heterocycles. The number of carbonyl (C=O) groups is 1. The molecule has 0 fully saturated rings. The zero-order valence-electron chi connectivity index (χ0n) is 17.1. The fraction of sp³-hybridized carbons (Fsp3) is 0.364. The number of carbonyl (C=O) groups excluding carboxylic acids is 1. The SMILES string of the molecule is CC=Cc1ccc(OCC(=O)NCc2ccc(N(CC)CC)nc2)c(OC)c1. The van der Waals surface area contributed by atoms with E-state index in [1.807, 2.05) is 43.3 Å². The molecule has 0 unspecified atom stereocenters. The fourth-order valence-electron chi connectivity index (χ4n) is 2.75. The van der Waals surface area contributed by atoms with Gasteiger partial charge in [-0.2, -0.15) is 0 Å². The molecule has 0 aliphatic carbocycles. The van der Waals surface area contributed by atoms with Crippen LogP contribution in [0.2, 0.25) is 0 Å². The highest BCUT2D eigenvalue weighted by Crippen LogP contribution is 2.28. The van der Waals surface area contributed by atoms with Crippen LogP contribution in [-0.4, -0.2) is 37.7 Å². The first-order chi connectivity index (χ1) is 13.6. The minimum Gasteiger partial charge on any atom is -0.493 e. The van der Waals surface area contributed by atoms with Gasteiger partial charge in [0.2, 0.25) is 0 Å². The number of ether oxygens (including phenoxy) is 2. The standard InChI is InChI=1S/C22H29N3O3/c1-5-8-17-9-11-19(20(13-17)27-4)28-16-22(26)24-15-18-10-12-21(23-14-18)25(6-2)7-3/h5,8-14H,6-7,15-16H2,1-4H3,(H,24,26). The predicted octanol–water partition coefficient (Wildman–Crippen LogP) is 3.66. The van der Waals surface area contributed by atoms with Gasteiger partial charge >= 0.3 is 0 Å². The third kappa shape index (κ3) is 6.01. The summed E-state index contributed by atoms with van der Waals surface area (Å²) in [5.41, 5.74) is 1.95. The lowest BCUT2D eigenvalue weighted by atomic mass is 10.2. The Balaban J connectivity index is 1.86. The Morgan fingerprint density at radius 3 is 2.57 bits per heavy atom. The number of pyridine rings is 1. The number of hydrogen-bond acceptors (Lipinski definition) is 5. The third-order valence-electron chi connectivity index (χ3n) is 4.29. The van der Waals surface area contributed by atoms with Crippen LogP contribution in [0, 0.1) is 0 Å². The van der Waals surface area contributed by atoms with Crippen molar-refractivity contribution in [1.29, 1.82) is 0 Å². The lowest BCUT2D eigenvalue weighted by molar-refractivity contribution is -0.123. The number of methoxy groups -OCH3 is 1. The van der Waals surface area contributed by atoms with Gasteiger partial charge in [-0.15, -0.1) is 0 Å². The van der Waals surface area contributed by atoms with Gasteiger partial charge in [-0.3, -0.25) is 4.79 Å². The molecule has 28 heavy (non-hydrogen) atoms. The molecule has 150 valence electrons. The van der Waals surface area contributed by atoms with Crippen molar-refractivity contribution in [3.63, 3.8) is 0 Å². The van der Waals surface area contributed by atoms with Crippen molar-refractivity contribution in [2.24, 2.45) is 0 Å². The Morgan fingerprint density at radius 2 is 1.96 bits per heavy atom. The Kier molecular flexibility index (Phi) is 8.34. The molecular formula is C22H29N3O3. The summed E-state index contributed by atoms with van der Waals surface area (Å²) in [6.07, 6.45) is 5.71. The number of hydrogen-bond donors (Lipinski definition) is 1. The summed E-state index contributed by atoms with van der Waals surface area (Å²) in [7, 11) is 1.58. The van der Waals surface area contributed by atoms with Crippen LogP contribution in [-0.2, 0) is 11.3 Å². The second kappa shape index (κ2) is 11.0. The number of aromatic nitrogens is 1. The lowest BCUT2D eigenvalue weighted by Gasteiger charge is -2.19. The maximum atomic E-state index is 12.1. The van der Waals surface area contributed by atoms with Gasteiger partial charge in [0.15, 0.2) is 18.1 Å². The Hall–Kier alpha value is -3.02. The largest absolute Gasteiger partial charge is 0.493 e. The Morgan fingerprint density at radius 1 is 1.18 bits per heavy atom. The van der Waals surface area contributed by atoms with Crippen LogP contribution >= 0.6 is 0 Å². The van der Waals surface area contributed by atoms with Gasteiger partial charge < -0.3 is 19.7 Å². The first-order valence-corrected chi connectivity index (χ1v) is 9.51. The molecule has 0 spiro atoms. The van der Waals surface area contributed by atoms with E-state index in [4.69, 9.17) is 9.47 Å². The quantitative estimate of drug-likeness (QED) is 0.678. The average molecular weight is 383 g/mol. The van der Waals surface area contributed by atoms with Crippen molar-refractivity contribution < 1.29 is 14.3 Å². The maximum Gasteiger partial charge on any atom is 0.258 e. The van der Waals surface area contributed by atoms with Crippen molar-refractivity contribution in [1.82, 2.24) is 10.3 Å². The van der Waals surface area contributed by atoms with E-state index < -0.39 is 0 Å². The smallest absolute Gasteiger partial charge is 0.258 e. The van der Waals surface area contributed by atoms with Crippen LogP contribution in [0.15, 0.2) is 42.6 Å². The van der Waals surface area contributed by atoms with Crippen molar-refractivity contribution in [2.45, 2.75) is 27.3 Å². The highest BCUT2D eigenvalue weighted by Gasteiger charge is 2.09. The number of benzene rings is 1. The maximum absolute atomic E-state index is 12.1. The molecule has 6 nitrogen and oxygen atoms in total. The van der Waals surface area contributed by atoms with Gasteiger partial charge in [0, 0.05) is 25.8 Å². The van der Waals surface area contributed by atoms with Crippen LogP contribution in [0.3, 0.4) is 0 Å². The highest BCUT2D eigenvalue weighted by molar-refractivity contribution is 5.77. The normalized spacial score (nSPS) is 10.7. The molecule has 0 saturated heterocycles. The van der Waals surface area contributed by atoms with E-state index in [2.05, 4.69) is 29.0 Å². The predicted molar refractivity (Wildman–Crippen MR) is 113 cm³/mol. The first kappa shape index (κ1) is 21.3. The summed E-state index contributed by atoms with van der Waals surface area (Å²) in [6.45, 7) is 8.31. The van der Waals surface area contributed by atoms with Crippen LogP contribution in [0.4, 0.5) is 5.82 Å². The molecule has 0 atom stereocenters. The molecule has 1 amide bonds. The molecule has 1 N–H and O–H groups in total. The number of nitrogens with one attached hydrogen (secondary N) is 1. The molecule has 1 aromatic heterocycles. The zero-order chi connectivity index (χ0) is 20.4. The molecular weight excluding hydrogens is 354 g/mol. The van der Waals surface area contributed by atoms with Crippen molar-refractivity contribution in [2.75, 3.05) is 31.7 Å². The molecule has 0 radical (unpaired) electrons.